The van der Waals surface area contributed by atoms with Crippen molar-refractivity contribution in [1.82, 2.24) is 25.3 Å². The smallest absolute Gasteiger partial charge is 0.227 e. The fourth-order valence-electron chi connectivity index (χ4n) is 4.24. The Labute approximate surface area is 174 Å². The van der Waals surface area contributed by atoms with Gasteiger partial charge in [-0.2, -0.15) is 0 Å². The molecule has 2 heterocycles. The third-order valence-corrected chi connectivity index (χ3v) is 5.77. The Morgan fingerprint density at radius 3 is 2.73 bits per heavy atom. The van der Waals surface area contributed by atoms with Crippen LogP contribution < -0.4 is 5.32 Å². The number of rotatable bonds is 5. The normalized spacial score (nSPS) is 18.7. The maximum absolute atomic E-state index is 12.2. The van der Waals surface area contributed by atoms with E-state index in [9.17, 15) is 4.79 Å². The number of carbonyl (C=O) groups excluding carboxylic acids is 1. The second kappa shape index (κ2) is 7.74. The standard InChI is InChI=1S/C23H23N5O2/c1-2-24-22(29)17-11-12-18(13-17)28-20(14-25-27-28)15-7-9-16(10-8-15)23-26-19-5-3-4-6-21(19)30-23/h3-10,14,17-18H,2,11-13H2,1H3,(H,24,29). The van der Waals surface area contributed by atoms with Crippen molar-refractivity contribution in [3.8, 4) is 22.7 Å². The van der Waals surface area contributed by atoms with Crippen molar-refractivity contribution in [1.29, 1.82) is 0 Å². The Balaban J connectivity index is 1.37. The molecular formula is C23H23N5O2. The molecule has 5 rings (SSSR count). The molecule has 30 heavy (non-hydrogen) atoms. The molecule has 0 saturated heterocycles. The van der Waals surface area contributed by atoms with E-state index in [-0.39, 0.29) is 17.9 Å². The van der Waals surface area contributed by atoms with Crippen LogP contribution in [0.5, 0.6) is 0 Å². The number of oxazole rings is 1. The number of amides is 1. The lowest BCUT2D eigenvalue weighted by molar-refractivity contribution is -0.124. The molecule has 2 unspecified atom stereocenters. The van der Waals surface area contributed by atoms with Gasteiger partial charge in [0.25, 0.3) is 0 Å². The highest BCUT2D eigenvalue weighted by Gasteiger charge is 2.32. The molecule has 2 aromatic carbocycles. The predicted octanol–water partition coefficient (Wildman–Crippen LogP) is 4.23. The van der Waals surface area contributed by atoms with Gasteiger partial charge in [-0.25, -0.2) is 9.67 Å². The topological polar surface area (TPSA) is 85.8 Å². The molecule has 0 spiro atoms. The fraction of sp³-hybridized carbons (Fsp3) is 0.304. The van der Waals surface area contributed by atoms with Gasteiger partial charge in [-0.15, -0.1) is 5.10 Å². The van der Waals surface area contributed by atoms with Gasteiger partial charge in [0.1, 0.15) is 5.52 Å². The lowest BCUT2D eigenvalue weighted by atomic mass is 10.1. The Hall–Kier alpha value is -3.48. The van der Waals surface area contributed by atoms with E-state index in [0.717, 1.165) is 47.2 Å². The SMILES string of the molecule is CCNC(=O)C1CCC(n2nncc2-c2ccc(-c3nc4ccccc4o3)cc2)C1. The Morgan fingerprint density at radius 2 is 1.93 bits per heavy atom. The molecule has 0 bridgehead atoms. The summed E-state index contributed by atoms with van der Waals surface area (Å²) in [6, 6.07) is 16.0. The lowest BCUT2D eigenvalue weighted by Gasteiger charge is -2.14. The molecule has 1 aliphatic rings. The van der Waals surface area contributed by atoms with E-state index in [1.807, 2.05) is 60.1 Å². The highest BCUT2D eigenvalue weighted by molar-refractivity contribution is 5.79. The van der Waals surface area contributed by atoms with E-state index in [1.54, 1.807) is 6.20 Å². The van der Waals surface area contributed by atoms with Crippen molar-refractivity contribution in [2.45, 2.75) is 32.2 Å². The van der Waals surface area contributed by atoms with Gasteiger partial charge in [0.05, 0.1) is 17.9 Å². The molecule has 7 nitrogen and oxygen atoms in total. The highest BCUT2D eigenvalue weighted by atomic mass is 16.3. The van der Waals surface area contributed by atoms with Crippen LogP contribution in [0.1, 0.15) is 32.2 Å². The maximum Gasteiger partial charge on any atom is 0.227 e. The molecule has 2 atom stereocenters. The van der Waals surface area contributed by atoms with E-state index in [4.69, 9.17) is 4.42 Å². The summed E-state index contributed by atoms with van der Waals surface area (Å²) >= 11 is 0. The molecule has 1 amide bonds. The van der Waals surface area contributed by atoms with Crippen molar-refractivity contribution >= 4 is 17.0 Å². The molecule has 4 aromatic rings. The number of benzene rings is 2. The number of nitrogens with one attached hydrogen (secondary N) is 1. The third kappa shape index (κ3) is 3.36. The van der Waals surface area contributed by atoms with Crippen molar-refractivity contribution in [2.24, 2.45) is 5.92 Å². The summed E-state index contributed by atoms with van der Waals surface area (Å²) in [5.74, 6) is 0.799. The zero-order valence-corrected chi connectivity index (χ0v) is 16.8. The summed E-state index contributed by atoms with van der Waals surface area (Å²) < 4.78 is 7.83. The van der Waals surface area contributed by atoms with Gasteiger partial charge in [0, 0.05) is 23.6 Å². The minimum Gasteiger partial charge on any atom is -0.436 e. The van der Waals surface area contributed by atoms with Crippen molar-refractivity contribution in [3.63, 3.8) is 0 Å². The van der Waals surface area contributed by atoms with Crippen LogP contribution in [0.2, 0.25) is 0 Å². The quantitative estimate of drug-likeness (QED) is 0.541. The fourth-order valence-corrected chi connectivity index (χ4v) is 4.24. The van der Waals surface area contributed by atoms with Crippen LogP contribution >= 0.6 is 0 Å². The zero-order chi connectivity index (χ0) is 20.5. The first-order chi connectivity index (χ1) is 14.7. The number of para-hydroxylation sites is 2. The van der Waals surface area contributed by atoms with E-state index in [1.165, 1.54) is 0 Å². The largest absolute Gasteiger partial charge is 0.436 e. The van der Waals surface area contributed by atoms with Gasteiger partial charge in [-0.3, -0.25) is 4.79 Å². The maximum atomic E-state index is 12.2. The van der Waals surface area contributed by atoms with Crippen LogP contribution in [0.15, 0.2) is 59.1 Å². The van der Waals surface area contributed by atoms with Crippen molar-refractivity contribution in [2.75, 3.05) is 6.54 Å². The Bertz CT molecular complexity index is 1140. The summed E-state index contributed by atoms with van der Waals surface area (Å²) in [6.07, 6.45) is 4.39. The van der Waals surface area contributed by atoms with E-state index >= 15 is 0 Å². The van der Waals surface area contributed by atoms with Gasteiger partial charge < -0.3 is 9.73 Å². The number of fused-ring (bicyclic) bond motifs is 1. The first-order valence-electron chi connectivity index (χ1n) is 10.4. The van der Waals surface area contributed by atoms with Gasteiger partial charge in [0.2, 0.25) is 11.8 Å². The van der Waals surface area contributed by atoms with Crippen LogP contribution in [-0.4, -0.2) is 32.4 Å². The summed E-state index contributed by atoms with van der Waals surface area (Å²) in [5.41, 5.74) is 4.54. The van der Waals surface area contributed by atoms with Gasteiger partial charge >= 0.3 is 0 Å². The van der Waals surface area contributed by atoms with Crippen LogP contribution in [0, 0.1) is 5.92 Å². The molecule has 2 aromatic heterocycles. The summed E-state index contributed by atoms with van der Waals surface area (Å²) in [7, 11) is 0. The first-order valence-corrected chi connectivity index (χ1v) is 10.4. The average Bonchev–Trinajstić information content (AvgIpc) is 3.52. The van der Waals surface area contributed by atoms with Crippen molar-refractivity contribution < 1.29 is 9.21 Å². The molecule has 1 aliphatic carbocycles. The van der Waals surface area contributed by atoms with Crippen LogP contribution in [0.4, 0.5) is 0 Å². The summed E-state index contributed by atoms with van der Waals surface area (Å²) in [4.78, 5) is 16.7. The van der Waals surface area contributed by atoms with Gasteiger partial charge in [0.15, 0.2) is 5.58 Å². The van der Waals surface area contributed by atoms with E-state index in [2.05, 4.69) is 20.6 Å². The number of aromatic nitrogens is 4. The van der Waals surface area contributed by atoms with Crippen LogP contribution in [-0.2, 0) is 4.79 Å². The minimum absolute atomic E-state index is 0.0496. The average molecular weight is 401 g/mol. The summed E-state index contributed by atoms with van der Waals surface area (Å²) in [5, 5.41) is 11.4. The second-order valence-corrected chi connectivity index (χ2v) is 7.69. The molecule has 152 valence electrons. The lowest BCUT2D eigenvalue weighted by Crippen LogP contribution is -2.29. The van der Waals surface area contributed by atoms with E-state index in [0.29, 0.717) is 12.4 Å². The van der Waals surface area contributed by atoms with Crippen molar-refractivity contribution in [3.05, 3.63) is 54.7 Å². The van der Waals surface area contributed by atoms with Gasteiger partial charge in [-0.05, 0) is 50.5 Å². The van der Waals surface area contributed by atoms with Crippen LogP contribution in [0.25, 0.3) is 33.8 Å². The second-order valence-electron chi connectivity index (χ2n) is 7.69. The van der Waals surface area contributed by atoms with Crippen LogP contribution in [0.3, 0.4) is 0 Å². The number of hydrogen-bond donors (Lipinski definition) is 1. The summed E-state index contributed by atoms with van der Waals surface area (Å²) in [6.45, 7) is 2.62. The monoisotopic (exact) mass is 401 g/mol. The molecular weight excluding hydrogens is 378 g/mol. The Kier molecular flexibility index (Phi) is 4.78. The zero-order valence-electron chi connectivity index (χ0n) is 16.8. The molecule has 7 heteroatoms. The predicted molar refractivity (Wildman–Crippen MR) is 114 cm³/mol. The molecule has 0 aliphatic heterocycles. The number of nitrogens with zero attached hydrogens (tertiary/aromatic N) is 4. The first kappa shape index (κ1) is 18.5. The molecule has 0 radical (unpaired) electrons. The van der Waals surface area contributed by atoms with E-state index < -0.39 is 0 Å². The number of carbonyl (C=O) groups is 1. The molecule has 1 saturated carbocycles. The Morgan fingerprint density at radius 1 is 1.13 bits per heavy atom. The molecule has 1 N–H and O–H groups in total. The van der Waals surface area contributed by atoms with Gasteiger partial charge in [-0.1, -0.05) is 29.5 Å². The molecule has 1 fully saturated rings. The number of hydrogen-bond acceptors (Lipinski definition) is 5. The minimum atomic E-state index is 0.0496. The highest BCUT2D eigenvalue weighted by Crippen LogP contribution is 2.37. The third-order valence-electron chi connectivity index (χ3n) is 5.77.